The first-order valence-corrected chi connectivity index (χ1v) is 7.66. The Morgan fingerprint density at radius 3 is 2.61 bits per heavy atom. The Kier molecular flexibility index (Phi) is 8.64. The lowest BCUT2D eigenvalue weighted by Gasteiger charge is -2.29. The van der Waals surface area contributed by atoms with Crippen LogP contribution in [0.4, 0.5) is 0 Å². The average Bonchev–Trinajstić information content (AvgIpc) is 2.36. The smallest absolute Gasteiger partial charge is 0.0675 e. The Morgan fingerprint density at radius 1 is 1.22 bits per heavy atom. The van der Waals surface area contributed by atoms with Gasteiger partial charge in [0.2, 0.25) is 0 Å². The van der Waals surface area contributed by atoms with Gasteiger partial charge in [0.1, 0.15) is 0 Å². The molecule has 1 aliphatic rings. The second-order valence-electron chi connectivity index (χ2n) is 5.58. The molecule has 0 bridgehead atoms. The molecule has 3 nitrogen and oxygen atoms in total. The highest BCUT2D eigenvalue weighted by atomic mass is 16.5. The summed E-state index contributed by atoms with van der Waals surface area (Å²) in [5.74, 6) is 0.900. The van der Waals surface area contributed by atoms with Crippen LogP contribution in [0.3, 0.4) is 0 Å². The Hall–Kier alpha value is -0.120. The molecule has 1 unspecified atom stereocenters. The van der Waals surface area contributed by atoms with Crippen molar-refractivity contribution in [3.05, 3.63) is 0 Å². The molecule has 1 aliphatic carbocycles. The molecule has 0 saturated heterocycles. The van der Waals surface area contributed by atoms with Crippen LogP contribution in [0.15, 0.2) is 0 Å². The zero-order chi connectivity index (χ0) is 13.2. The highest BCUT2D eigenvalue weighted by Crippen LogP contribution is 2.26. The normalized spacial score (nSPS) is 26.2. The van der Waals surface area contributed by atoms with Crippen LogP contribution in [-0.2, 0) is 9.47 Å². The lowest BCUT2D eigenvalue weighted by Crippen LogP contribution is -2.32. The van der Waals surface area contributed by atoms with Crippen molar-refractivity contribution in [2.45, 2.75) is 65.1 Å². The van der Waals surface area contributed by atoms with Crippen molar-refractivity contribution in [3.8, 4) is 0 Å². The zero-order valence-corrected chi connectivity index (χ0v) is 12.4. The highest BCUT2D eigenvalue weighted by molar-refractivity contribution is 4.71. The van der Waals surface area contributed by atoms with Gasteiger partial charge in [0, 0.05) is 19.8 Å². The van der Waals surface area contributed by atoms with E-state index in [0.717, 1.165) is 38.6 Å². The maximum atomic E-state index is 6.07. The molecule has 3 heteroatoms. The van der Waals surface area contributed by atoms with Gasteiger partial charge in [0.25, 0.3) is 0 Å². The predicted octanol–water partition coefficient (Wildman–Crippen LogP) is 2.99. The van der Waals surface area contributed by atoms with Crippen molar-refractivity contribution in [3.63, 3.8) is 0 Å². The van der Waals surface area contributed by atoms with Crippen LogP contribution in [-0.4, -0.2) is 38.5 Å². The molecule has 0 amide bonds. The van der Waals surface area contributed by atoms with E-state index in [9.17, 15) is 0 Å². The summed E-state index contributed by atoms with van der Waals surface area (Å²) in [5.41, 5.74) is 0. The monoisotopic (exact) mass is 257 g/mol. The number of rotatable bonds is 9. The fourth-order valence-electron chi connectivity index (χ4n) is 2.49. The maximum Gasteiger partial charge on any atom is 0.0675 e. The molecule has 1 N–H and O–H groups in total. The molecule has 0 spiro atoms. The third kappa shape index (κ3) is 7.34. The molecule has 0 aromatic heterocycles. The second kappa shape index (κ2) is 9.76. The lowest BCUT2D eigenvalue weighted by molar-refractivity contribution is -0.0259. The minimum absolute atomic E-state index is 0.329. The lowest BCUT2D eigenvalue weighted by atomic mass is 9.89. The quantitative estimate of drug-likeness (QED) is 0.644. The van der Waals surface area contributed by atoms with Gasteiger partial charge in [-0.2, -0.15) is 0 Å². The van der Waals surface area contributed by atoms with E-state index in [1.807, 2.05) is 6.92 Å². The van der Waals surface area contributed by atoms with Crippen molar-refractivity contribution in [2.75, 3.05) is 26.3 Å². The standard InChI is InChI=1S/C15H31NO2/c1-4-17-11-5-10-16-12-14(3)18-15-8-6-13(2)7-9-15/h13-16H,4-12H2,1-3H3. The first-order chi connectivity index (χ1) is 8.72. The Bertz CT molecular complexity index is 191. The van der Waals surface area contributed by atoms with E-state index >= 15 is 0 Å². The van der Waals surface area contributed by atoms with E-state index in [-0.39, 0.29) is 0 Å². The summed E-state index contributed by atoms with van der Waals surface area (Å²) < 4.78 is 11.4. The van der Waals surface area contributed by atoms with Crippen molar-refractivity contribution in [1.82, 2.24) is 5.32 Å². The summed E-state index contributed by atoms with van der Waals surface area (Å²) in [6, 6.07) is 0. The fourth-order valence-corrected chi connectivity index (χ4v) is 2.49. The second-order valence-corrected chi connectivity index (χ2v) is 5.58. The Labute approximate surface area is 113 Å². The van der Waals surface area contributed by atoms with Gasteiger partial charge in [-0.1, -0.05) is 6.92 Å². The molecule has 0 radical (unpaired) electrons. The van der Waals surface area contributed by atoms with Crippen molar-refractivity contribution < 1.29 is 9.47 Å². The predicted molar refractivity (Wildman–Crippen MR) is 75.9 cm³/mol. The van der Waals surface area contributed by atoms with Gasteiger partial charge < -0.3 is 14.8 Å². The summed E-state index contributed by atoms with van der Waals surface area (Å²) in [6.45, 7) is 10.2. The van der Waals surface area contributed by atoms with Crippen LogP contribution in [0.2, 0.25) is 0 Å². The summed E-state index contributed by atoms with van der Waals surface area (Å²) in [4.78, 5) is 0. The largest absolute Gasteiger partial charge is 0.382 e. The van der Waals surface area contributed by atoms with Crippen molar-refractivity contribution in [1.29, 1.82) is 0 Å². The number of hydrogen-bond acceptors (Lipinski definition) is 3. The average molecular weight is 257 g/mol. The third-order valence-corrected chi connectivity index (χ3v) is 3.67. The van der Waals surface area contributed by atoms with Gasteiger partial charge in [-0.25, -0.2) is 0 Å². The molecule has 1 rings (SSSR count). The van der Waals surface area contributed by atoms with Gasteiger partial charge in [-0.15, -0.1) is 0 Å². The van der Waals surface area contributed by atoms with Gasteiger partial charge in [-0.05, 0) is 58.4 Å². The third-order valence-electron chi connectivity index (χ3n) is 3.67. The first-order valence-electron chi connectivity index (χ1n) is 7.66. The molecule has 0 aromatic carbocycles. The van der Waals surface area contributed by atoms with E-state index in [1.54, 1.807) is 0 Å². The maximum absolute atomic E-state index is 6.07. The zero-order valence-electron chi connectivity index (χ0n) is 12.4. The fraction of sp³-hybridized carbons (Fsp3) is 1.00. The Balaban J connectivity index is 1.95. The molecule has 1 atom stereocenters. The van der Waals surface area contributed by atoms with Gasteiger partial charge >= 0.3 is 0 Å². The Morgan fingerprint density at radius 2 is 1.94 bits per heavy atom. The molecule has 1 saturated carbocycles. The van der Waals surface area contributed by atoms with E-state index in [1.165, 1.54) is 25.7 Å². The number of nitrogens with one attached hydrogen (secondary N) is 1. The van der Waals surface area contributed by atoms with Crippen LogP contribution in [0.5, 0.6) is 0 Å². The summed E-state index contributed by atoms with van der Waals surface area (Å²) in [6.07, 6.45) is 7.07. The van der Waals surface area contributed by atoms with Crippen LogP contribution < -0.4 is 5.32 Å². The molecule has 108 valence electrons. The van der Waals surface area contributed by atoms with Gasteiger partial charge in [0.05, 0.1) is 12.2 Å². The molecule has 0 aromatic rings. The van der Waals surface area contributed by atoms with Gasteiger partial charge in [-0.3, -0.25) is 0 Å². The molecule has 0 heterocycles. The number of hydrogen-bond donors (Lipinski definition) is 1. The topological polar surface area (TPSA) is 30.5 Å². The summed E-state index contributed by atoms with van der Waals surface area (Å²) >= 11 is 0. The molecular weight excluding hydrogens is 226 g/mol. The van der Waals surface area contributed by atoms with Crippen LogP contribution in [0.25, 0.3) is 0 Å². The molecular formula is C15H31NO2. The molecule has 0 aliphatic heterocycles. The van der Waals surface area contributed by atoms with Crippen molar-refractivity contribution >= 4 is 0 Å². The summed E-state index contributed by atoms with van der Waals surface area (Å²) in [7, 11) is 0. The van der Waals surface area contributed by atoms with E-state index < -0.39 is 0 Å². The van der Waals surface area contributed by atoms with Crippen LogP contribution in [0, 0.1) is 5.92 Å². The first kappa shape index (κ1) is 15.9. The van der Waals surface area contributed by atoms with Crippen LogP contribution in [0.1, 0.15) is 52.9 Å². The summed E-state index contributed by atoms with van der Waals surface area (Å²) in [5, 5.41) is 3.44. The number of ether oxygens (including phenoxy) is 2. The van der Waals surface area contributed by atoms with Crippen LogP contribution >= 0.6 is 0 Å². The molecule has 18 heavy (non-hydrogen) atoms. The van der Waals surface area contributed by atoms with E-state index in [0.29, 0.717) is 12.2 Å². The highest BCUT2D eigenvalue weighted by Gasteiger charge is 2.20. The minimum atomic E-state index is 0.329. The van der Waals surface area contributed by atoms with E-state index in [4.69, 9.17) is 9.47 Å². The minimum Gasteiger partial charge on any atom is -0.382 e. The van der Waals surface area contributed by atoms with E-state index in [2.05, 4.69) is 19.2 Å². The SMILES string of the molecule is CCOCCCNCC(C)OC1CCC(C)CC1. The van der Waals surface area contributed by atoms with Crippen molar-refractivity contribution in [2.24, 2.45) is 5.92 Å². The van der Waals surface area contributed by atoms with Gasteiger partial charge in [0.15, 0.2) is 0 Å². The molecule has 1 fully saturated rings.